The number of esters is 1. The van der Waals surface area contributed by atoms with Crippen molar-refractivity contribution in [2.24, 2.45) is 0 Å². The molecule has 1 rings (SSSR count). The summed E-state index contributed by atoms with van der Waals surface area (Å²) in [5, 5.41) is 0. The average molecular weight is 333 g/mol. The van der Waals surface area contributed by atoms with Gasteiger partial charge in [0.05, 0.1) is 15.2 Å². The van der Waals surface area contributed by atoms with E-state index in [4.69, 9.17) is 9.47 Å². The molecule has 0 aromatic rings. The van der Waals surface area contributed by atoms with E-state index in [-0.39, 0.29) is 0 Å². The molecule has 124 valence electrons. The molecular formula is C17H23NO4Si. The summed E-state index contributed by atoms with van der Waals surface area (Å²) in [6.07, 6.45) is 6.40. The molecule has 5 nitrogen and oxygen atoms in total. The predicted octanol–water partition coefficient (Wildman–Crippen LogP) is 3.30. The SMILES string of the molecule is C=CCC1C(OC(=O)C#CC[Si](C)(C)C)=CC=CN1C(=O)OC. The molecule has 1 atom stereocenters. The van der Waals surface area contributed by atoms with Crippen LogP contribution in [0.1, 0.15) is 6.42 Å². The number of hydrogen-bond donors (Lipinski definition) is 0. The van der Waals surface area contributed by atoms with Gasteiger partial charge < -0.3 is 9.47 Å². The van der Waals surface area contributed by atoms with Crippen molar-refractivity contribution >= 4 is 20.1 Å². The molecule has 0 N–H and O–H groups in total. The first kappa shape index (κ1) is 18.8. The Hall–Kier alpha value is -2.26. The summed E-state index contributed by atoms with van der Waals surface area (Å²) in [6.45, 7) is 10.2. The summed E-state index contributed by atoms with van der Waals surface area (Å²) in [6, 6.07) is 0.263. The second kappa shape index (κ2) is 8.39. The van der Waals surface area contributed by atoms with Crippen LogP contribution in [0.4, 0.5) is 4.79 Å². The lowest BCUT2D eigenvalue weighted by atomic mass is 10.1. The van der Waals surface area contributed by atoms with Crippen LogP contribution in [0.15, 0.2) is 36.8 Å². The van der Waals surface area contributed by atoms with Gasteiger partial charge in [-0.05, 0) is 18.6 Å². The molecule has 1 heterocycles. The normalized spacial score (nSPS) is 16.8. The summed E-state index contributed by atoms with van der Waals surface area (Å²) >= 11 is 0. The van der Waals surface area contributed by atoms with Gasteiger partial charge in [0, 0.05) is 18.2 Å². The first-order valence-corrected chi connectivity index (χ1v) is 11.1. The smallest absolute Gasteiger partial charge is 0.414 e. The topological polar surface area (TPSA) is 55.8 Å². The number of nitrogens with zero attached hydrogens (tertiary/aromatic N) is 1. The molecule has 0 aliphatic carbocycles. The zero-order valence-electron chi connectivity index (χ0n) is 14.1. The molecule has 1 unspecified atom stereocenters. The standard InChI is InChI=1S/C17H23NO4Si/c1-6-9-14-15(10-7-12-18(14)17(20)21-2)22-16(19)11-8-13-23(3,4)5/h6-7,10,12,14H,1,9,13H2,2-5H3. The van der Waals surface area contributed by atoms with Gasteiger partial charge in [-0.25, -0.2) is 9.59 Å². The molecule has 1 aliphatic heterocycles. The van der Waals surface area contributed by atoms with Crippen LogP contribution >= 0.6 is 0 Å². The van der Waals surface area contributed by atoms with Crippen molar-refractivity contribution in [1.82, 2.24) is 4.90 Å². The Morgan fingerprint density at radius 2 is 2.13 bits per heavy atom. The first-order valence-electron chi connectivity index (χ1n) is 7.34. The third-order valence-electron chi connectivity index (χ3n) is 2.97. The van der Waals surface area contributed by atoms with E-state index in [2.05, 4.69) is 38.1 Å². The molecular weight excluding hydrogens is 310 g/mol. The molecule has 1 amide bonds. The average Bonchev–Trinajstić information content (AvgIpc) is 2.47. The maximum absolute atomic E-state index is 11.9. The fraction of sp³-hybridized carbons (Fsp3) is 0.412. The van der Waals surface area contributed by atoms with E-state index in [1.54, 1.807) is 24.4 Å². The Morgan fingerprint density at radius 1 is 1.43 bits per heavy atom. The Balaban J connectivity index is 2.82. The number of ether oxygens (including phenoxy) is 2. The van der Waals surface area contributed by atoms with Gasteiger partial charge in [0.15, 0.2) is 0 Å². The van der Waals surface area contributed by atoms with E-state index in [1.807, 2.05) is 0 Å². The van der Waals surface area contributed by atoms with Gasteiger partial charge in [-0.2, -0.15) is 0 Å². The van der Waals surface area contributed by atoms with E-state index in [0.717, 1.165) is 6.04 Å². The van der Waals surface area contributed by atoms with Crippen molar-refractivity contribution in [3.8, 4) is 11.8 Å². The highest BCUT2D eigenvalue weighted by atomic mass is 28.3. The lowest BCUT2D eigenvalue weighted by Gasteiger charge is -2.29. The molecule has 0 spiro atoms. The van der Waals surface area contributed by atoms with Gasteiger partial charge >= 0.3 is 12.1 Å². The fourth-order valence-corrected chi connectivity index (χ4v) is 2.50. The lowest BCUT2D eigenvalue weighted by molar-refractivity contribution is -0.133. The minimum atomic E-state index is -1.32. The second-order valence-electron chi connectivity index (χ2n) is 6.26. The zero-order valence-corrected chi connectivity index (χ0v) is 15.1. The van der Waals surface area contributed by atoms with Crippen LogP contribution < -0.4 is 0 Å². The van der Waals surface area contributed by atoms with Gasteiger partial charge in [-0.1, -0.05) is 31.6 Å². The Morgan fingerprint density at radius 3 is 2.70 bits per heavy atom. The van der Waals surface area contributed by atoms with Crippen LogP contribution in [0.25, 0.3) is 0 Å². The van der Waals surface area contributed by atoms with Crippen LogP contribution in [0.2, 0.25) is 25.7 Å². The van der Waals surface area contributed by atoms with Crippen LogP contribution in [-0.4, -0.2) is 38.2 Å². The number of allylic oxidation sites excluding steroid dienone is 2. The summed E-state index contributed by atoms with van der Waals surface area (Å²) < 4.78 is 10.0. The highest BCUT2D eigenvalue weighted by Gasteiger charge is 2.29. The molecule has 23 heavy (non-hydrogen) atoms. The van der Waals surface area contributed by atoms with Gasteiger partial charge in [-0.3, -0.25) is 4.90 Å². The van der Waals surface area contributed by atoms with Crippen LogP contribution in [0.3, 0.4) is 0 Å². The summed E-state index contributed by atoms with van der Waals surface area (Å²) in [7, 11) is -0.0246. The second-order valence-corrected chi connectivity index (χ2v) is 11.7. The van der Waals surface area contributed by atoms with Gasteiger partial charge in [0.1, 0.15) is 11.8 Å². The largest absolute Gasteiger partial charge is 0.452 e. The predicted molar refractivity (Wildman–Crippen MR) is 92.1 cm³/mol. The van der Waals surface area contributed by atoms with E-state index < -0.39 is 26.2 Å². The van der Waals surface area contributed by atoms with Gasteiger partial charge in [-0.15, -0.1) is 6.58 Å². The molecule has 1 aliphatic rings. The van der Waals surface area contributed by atoms with Crippen LogP contribution in [-0.2, 0) is 14.3 Å². The van der Waals surface area contributed by atoms with E-state index in [0.29, 0.717) is 12.2 Å². The molecule has 6 heteroatoms. The minimum absolute atomic E-state index is 0.352. The van der Waals surface area contributed by atoms with Crippen molar-refractivity contribution in [1.29, 1.82) is 0 Å². The molecule has 0 aromatic heterocycles. The van der Waals surface area contributed by atoms with E-state index in [1.165, 1.54) is 12.0 Å². The maximum Gasteiger partial charge on any atom is 0.414 e. The highest BCUT2D eigenvalue weighted by molar-refractivity contribution is 6.76. The Labute approximate surface area is 138 Å². The van der Waals surface area contributed by atoms with Gasteiger partial charge in [0.2, 0.25) is 0 Å². The number of carbonyl (C=O) groups is 2. The van der Waals surface area contributed by atoms with Crippen molar-refractivity contribution in [3.63, 3.8) is 0 Å². The number of methoxy groups -OCH3 is 1. The van der Waals surface area contributed by atoms with Crippen molar-refractivity contribution in [3.05, 3.63) is 36.8 Å². The monoisotopic (exact) mass is 333 g/mol. The summed E-state index contributed by atoms with van der Waals surface area (Å²) in [5.74, 6) is 5.11. The Kier molecular flexibility index (Phi) is 6.85. The molecule has 0 saturated heterocycles. The lowest BCUT2D eigenvalue weighted by Crippen LogP contribution is -2.39. The van der Waals surface area contributed by atoms with Crippen molar-refractivity contribution in [2.75, 3.05) is 7.11 Å². The molecule has 0 fully saturated rings. The third kappa shape index (κ3) is 6.16. The fourth-order valence-electron chi connectivity index (χ4n) is 1.88. The number of amides is 1. The third-order valence-corrected chi connectivity index (χ3v) is 4.20. The maximum atomic E-state index is 11.9. The Bertz CT molecular complexity index is 590. The van der Waals surface area contributed by atoms with Crippen LogP contribution in [0.5, 0.6) is 0 Å². The van der Waals surface area contributed by atoms with Crippen molar-refractivity contribution < 1.29 is 19.1 Å². The summed E-state index contributed by atoms with van der Waals surface area (Å²) in [4.78, 5) is 25.0. The molecule has 0 bridgehead atoms. The zero-order chi connectivity index (χ0) is 17.5. The minimum Gasteiger partial charge on any atom is -0.452 e. The van der Waals surface area contributed by atoms with E-state index >= 15 is 0 Å². The van der Waals surface area contributed by atoms with Crippen LogP contribution in [0, 0.1) is 11.8 Å². The molecule has 0 aromatic carbocycles. The number of hydrogen-bond acceptors (Lipinski definition) is 4. The number of rotatable bonds is 4. The molecule has 0 saturated carbocycles. The van der Waals surface area contributed by atoms with Gasteiger partial charge in [0.25, 0.3) is 0 Å². The first-order chi connectivity index (χ1) is 10.8. The number of carbonyl (C=O) groups excluding carboxylic acids is 2. The molecule has 0 radical (unpaired) electrons. The quantitative estimate of drug-likeness (QED) is 0.260. The van der Waals surface area contributed by atoms with Crippen molar-refractivity contribution in [2.45, 2.75) is 38.1 Å². The van der Waals surface area contributed by atoms with E-state index in [9.17, 15) is 9.59 Å². The highest BCUT2D eigenvalue weighted by Crippen LogP contribution is 2.22. The summed E-state index contributed by atoms with van der Waals surface area (Å²) in [5.41, 5.74) is 0.